The minimum absolute atomic E-state index is 0.0476. The number of amides is 1. The normalized spacial score (nSPS) is 27.6. The maximum absolute atomic E-state index is 12.6. The van der Waals surface area contributed by atoms with Gasteiger partial charge in [0.25, 0.3) is 0 Å². The first-order valence-electron chi connectivity index (χ1n) is 8.62. The number of benzene rings is 1. The average Bonchev–Trinajstić information content (AvgIpc) is 2.90. The summed E-state index contributed by atoms with van der Waals surface area (Å²) in [7, 11) is -3.18. The van der Waals surface area contributed by atoms with E-state index >= 15 is 0 Å². The van der Waals surface area contributed by atoms with E-state index in [2.05, 4.69) is 5.32 Å². The van der Waals surface area contributed by atoms with Crippen LogP contribution in [0.4, 0.5) is 5.69 Å². The van der Waals surface area contributed by atoms with Crippen molar-refractivity contribution in [1.82, 2.24) is 4.31 Å². The molecule has 0 radical (unpaired) electrons. The fraction of sp³-hybridized carbons (Fsp3) is 0.588. The molecule has 2 aliphatic heterocycles. The van der Waals surface area contributed by atoms with E-state index in [1.807, 2.05) is 6.92 Å². The maximum atomic E-state index is 12.6. The lowest BCUT2D eigenvalue weighted by Gasteiger charge is -2.16. The molecular weight excluding hydrogens is 344 g/mol. The van der Waals surface area contributed by atoms with E-state index in [-0.39, 0.29) is 29.8 Å². The van der Waals surface area contributed by atoms with Crippen molar-refractivity contribution in [2.45, 2.75) is 26.2 Å². The van der Waals surface area contributed by atoms with Crippen LogP contribution >= 0.6 is 0 Å². The Hall–Kier alpha value is -1.80. The number of rotatable bonds is 5. The number of nitrogens with zero attached hydrogens (tertiary/aromatic N) is 1. The zero-order valence-corrected chi connectivity index (χ0v) is 15.0. The standard InChI is InChI=1S/C17H22N2O5S/c1-2-7-25(21,22)19-6-5-17(10-19)9-13(17)16(20)18-12-3-4-14-15(8-12)24-11-23-14/h3-4,8,13H,2,5-7,9-11H2,1H3,(H,18,20)/t13-,17-/m0/s1. The highest BCUT2D eigenvalue weighted by Gasteiger charge is 2.62. The van der Waals surface area contributed by atoms with Crippen LogP contribution in [-0.2, 0) is 14.8 Å². The van der Waals surface area contributed by atoms with E-state index < -0.39 is 10.0 Å². The molecule has 1 aromatic carbocycles. The molecule has 2 heterocycles. The van der Waals surface area contributed by atoms with Gasteiger partial charge >= 0.3 is 0 Å². The number of anilines is 1. The van der Waals surface area contributed by atoms with E-state index in [4.69, 9.17) is 9.47 Å². The number of carbonyl (C=O) groups excluding carboxylic acids is 1. The summed E-state index contributed by atoms with van der Waals surface area (Å²) in [6, 6.07) is 5.31. The highest BCUT2D eigenvalue weighted by atomic mass is 32.2. The second-order valence-corrected chi connectivity index (χ2v) is 9.16. The number of ether oxygens (including phenoxy) is 2. The number of fused-ring (bicyclic) bond motifs is 1. The van der Waals surface area contributed by atoms with Crippen LogP contribution < -0.4 is 14.8 Å². The molecule has 7 nitrogen and oxygen atoms in total. The molecular formula is C17H22N2O5S. The zero-order valence-electron chi connectivity index (χ0n) is 14.2. The van der Waals surface area contributed by atoms with Crippen LogP contribution in [0.5, 0.6) is 11.5 Å². The number of nitrogens with one attached hydrogen (secondary N) is 1. The van der Waals surface area contributed by atoms with Crippen molar-refractivity contribution in [2.75, 3.05) is 31.0 Å². The molecule has 4 rings (SSSR count). The zero-order chi connectivity index (χ0) is 17.7. The lowest BCUT2D eigenvalue weighted by molar-refractivity contribution is -0.118. The van der Waals surface area contributed by atoms with Crippen molar-refractivity contribution in [3.8, 4) is 11.5 Å². The Bertz CT molecular complexity index is 809. The second kappa shape index (κ2) is 5.88. The Kier molecular flexibility index (Phi) is 3.92. The van der Waals surface area contributed by atoms with Crippen molar-refractivity contribution >= 4 is 21.6 Å². The number of carbonyl (C=O) groups is 1. The smallest absolute Gasteiger partial charge is 0.231 e. The van der Waals surface area contributed by atoms with Crippen LogP contribution in [0.2, 0.25) is 0 Å². The molecule has 1 amide bonds. The maximum Gasteiger partial charge on any atom is 0.231 e. The first kappa shape index (κ1) is 16.7. The molecule has 25 heavy (non-hydrogen) atoms. The second-order valence-electron chi connectivity index (χ2n) is 7.08. The molecule has 8 heteroatoms. The Balaban J connectivity index is 1.39. The minimum Gasteiger partial charge on any atom is -0.454 e. The third kappa shape index (κ3) is 2.97. The largest absolute Gasteiger partial charge is 0.454 e. The van der Waals surface area contributed by atoms with Crippen LogP contribution in [-0.4, -0.2) is 44.3 Å². The predicted molar refractivity (Wildman–Crippen MR) is 92.0 cm³/mol. The summed E-state index contributed by atoms with van der Waals surface area (Å²) in [5.74, 6) is 1.31. The molecule has 2 fully saturated rings. The Morgan fingerprint density at radius 3 is 2.96 bits per heavy atom. The first-order chi connectivity index (χ1) is 11.9. The average molecular weight is 366 g/mol. The van der Waals surface area contributed by atoms with Gasteiger partial charge in [-0.1, -0.05) is 6.92 Å². The fourth-order valence-electron chi connectivity index (χ4n) is 3.85. The molecule has 1 saturated heterocycles. The van der Waals surface area contributed by atoms with Gasteiger partial charge in [0.05, 0.1) is 5.75 Å². The van der Waals surface area contributed by atoms with Crippen LogP contribution in [0, 0.1) is 11.3 Å². The van der Waals surface area contributed by atoms with Crippen LogP contribution in [0.3, 0.4) is 0 Å². The van der Waals surface area contributed by atoms with E-state index in [0.717, 1.165) is 12.8 Å². The Morgan fingerprint density at radius 2 is 2.16 bits per heavy atom. The van der Waals surface area contributed by atoms with Gasteiger partial charge in [-0.3, -0.25) is 4.79 Å². The third-order valence-electron chi connectivity index (χ3n) is 5.35. The lowest BCUT2D eigenvalue weighted by Crippen LogP contribution is -2.31. The highest BCUT2D eigenvalue weighted by Crippen LogP contribution is 2.59. The molecule has 1 saturated carbocycles. The SMILES string of the molecule is CCCS(=O)(=O)N1CC[C@]2(C[C@H]2C(=O)Nc2ccc3c(c2)OCO3)C1. The minimum atomic E-state index is -3.18. The van der Waals surface area contributed by atoms with E-state index in [1.165, 1.54) is 0 Å². The van der Waals surface area contributed by atoms with Gasteiger partial charge in [0.2, 0.25) is 22.7 Å². The van der Waals surface area contributed by atoms with E-state index in [1.54, 1.807) is 22.5 Å². The topological polar surface area (TPSA) is 84.9 Å². The molecule has 3 aliphatic rings. The van der Waals surface area contributed by atoms with Gasteiger partial charge in [-0.05, 0) is 36.8 Å². The molecule has 2 atom stereocenters. The van der Waals surface area contributed by atoms with Crippen molar-refractivity contribution in [1.29, 1.82) is 0 Å². The van der Waals surface area contributed by atoms with Gasteiger partial charge < -0.3 is 14.8 Å². The highest BCUT2D eigenvalue weighted by molar-refractivity contribution is 7.89. The van der Waals surface area contributed by atoms with Crippen molar-refractivity contribution in [2.24, 2.45) is 11.3 Å². The van der Waals surface area contributed by atoms with Gasteiger partial charge in [-0.15, -0.1) is 0 Å². The Morgan fingerprint density at radius 1 is 1.36 bits per heavy atom. The molecule has 1 N–H and O–H groups in total. The number of hydrogen-bond donors (Lipinski definition) is 1. The Labute approximate surface area is 147 Å². The summed E-state index contributed by atoms with van der Waals surface area (Å²) in [5, 5.41) is 2.92. The lowest BCUT2D eigenvalue weighted by atomic mass is 10.0. The van der Waals surface area contributed by atoms with E-state index in [9.17, 15) is 13.2 Å². The molecule has 0 bridgehead atoms. The predicted octanol–water partition coefficient (Wildman–Crippen LogP) is 1.81. The quantitative estimate of drug-likeness (QED) is 0.859. The molecule has 1 aromatic rings. The molecule has 0 unspecified atom stereocenters. The van der Waals surface area contributed by atoms with Crippen molar-refractivity contribution in [3.05, 3.63) is 18.2 Å². The number of sulfonamides is 1. The molecule has 136 valence electrons. The van der Waals surface area contributed by atoms with Gasteiger partial charge in [-0.25, -0.2) is 12.7 Å². The van der Waals surface area contributed by atoms with Gasteiger partial charge in [-0.2, -0.15) is 0 Å². The summed E-state index contributed by atoms with van der Waals surface area (Å²) in [6.45, 7) is 3.05. The van der Waals surface area contributed by atoms with E-state index in [0.29, 0.717) is 36.7 Å². The molecule has 0 aromatic heterocycles. The number of hydrogen-bond acceptors (Lipinski definition) is 5. The van der Waals surface area contributed by atoms with Gasteiger partial charge in [0.15, 0.2) is 11.5 Å². The van der Waals surface area contributed by atoms with Crippen LogP contribution in [0.15, 0.2) is 18.2 Å². The van der Waals surface area contributed by atoms with Gasteiger partial charge in [0, 0.05) is 30.8 Å². The fourth-order valence-corrected chi connectivity index (χ4v) is 5.45. The first-order valence-corrected chi connectivity index (χ1v) is 10.2. The summed E-state index contributed by atoms with van der Waals surface area (Å²) in [4.78, 5) is 12.6. The molecule has 1 spiro atoms. The van der Waals surface area contributed by atoms with Crippen molar-refractivity contribution in [3.63, 3.8) is 0 Å². The summed E-state index contributed by atoms with van der Waals surface area (Å²) < 4.78 is 36.6. The van der Waals surface area contributed by atoms with Crippen molar-refractivity contribution < 1.29 is 22.7 Å². The monoisotopic (exact) mass is 366 g/mol. The summed E-state index contributed by atoms with van der Waals surface area (Å²) in [5.41, 5.74) is 0.492. The van der Waals surface area contributed by atoms with Gasteiger partial charge in [0.1, 0.15) is 0 Å². The van der Waals surface area contributed by atoms with Crippen LogP contribution in [0.1, 0.15) is 26.2 Å². The third-order valence-corrected chi connectivity index (χ3v) is 7.37. The molecule has 1 aliphatic carbocycles. The summed E-state index contributed by atoms with van der Waals surface area (Å²) >= 11 is 0. The summed E-state index contributed by atoms with van der Waals surface area (Å²) in [6.07, 6.45) is 2.12. The van der Waals surface area contributed by atoms with Crippen LogP contribution in [0.25, 0.3) is 0 Å².